The van der Waals surface area contributed by atoms with E-state index in [2.05, 4.69) is 5.32 Å². The first-order valence-corrected chi connectivity index (χ1v) is 16.5. The number of para-hydroxylation sites is 2. The zero-order chi connectivity index (χ0) is 31.1. The van der Waals surface area contributed by atoms with Crippen LogP contribution in [0.5, 0.6) is 5.75 Å². The molecule has 8 nitrogen and oxygen atoms in total. The fourth-order valence-electron chi connectivity index (χ4n) is 4.36. The van der Waals surface area contributed by atoms with Crippen molar-refractivity contribution in [1.29, 1.82) is 0 Å². The van der Waals surface area contributed by atoms with Crippen molar-refractivity contribution in [3.63, 3.8) is 0 Å². The largest absolute Gasteiger partial charge is 0.492 e. The smallest absolute Gasteiger partial charge is 0.264 e. The van der Waals surface area contributed by atoms with Crippen LogP contribution in [0.15, 0.2) is 82.6 Å². The Labute approximate surface area is 254 Å². The fraction of sp³-hybridized carbons (Fsp3) is 0.375. The van der Waals surface area contributed by atoms with Crippen molar-refractivity contribution in [3.8, 4) is 5.75 Å². The molecular formula is C32H41N3O5S2. The van der Waals surface area contributed by atoms with Gasteiger partial charge in [0.1, 0.15) is 18.3 Å². The predicted octanol–water partition coefficient (Wildman–Crippen LogP) is 5.64. The van der Waals surface area contributed by atoms with E-state index in [0.29, 0.717) is 12.4 Å². The summed E-state index contributed by atoms with van der Waals surface area (Å²) in [6.45, 7) is 10.9. The zero-order valence-electron chi connectivity index (χ0n) is 25.4. The molecule has 226 valence electrons. The molecule has 0 aliphatic heterocycles. The summed E-state index contributed by atoms with van der Waals surface area (Å²) < 4.78 is 35.2. The maximum atomic E-state index is 14.2. The van der Waals surface area contributed by atoms with Crippen molar-refractivity contribution in [2.75, 3.05) is 23.7 Å². The Morgan fingerprint density at radius 3 is 2.19 bits per heavy atom. The number of rotatable bonds is 12. The minimum Gasteiger partial charge on any atom is -0.492 e. The van der Waals surface area contributed by atoms with Crippen LogP contribution in [0.4, 0.5) is 5.69 Å². The van der Waals surface area contributed by atoms with E-state index < -0.39 is 34.1 Å². The summed E-state index contributed by atoms with van der Waals surface area (Å²) in [5.74, 6) is -0.521. The topological polar surface area (TPSA) is 96.0 Å². The monoisotopic (exact) mass is 611 g/mol. The Morgan fingerprint density at radius 1 is 0.976 bits per heavy atom. The lowest BCUT2D eigenvalue weighted by atomic mass is 10.1. The fourth-order valence-corrected chi connectivity index (χ4v) is 6.19. The first kappa shape index (κ1) is 33.0. The van der Waals surface area contributed by atoms with Gasteiger partial charge in [0.25, 0.3) is 10.0 Å². The molecule has 0 heterocycles. The van der Waals surface area contributed by atoms with Gasteiger partial charge in [0.2, 0.25) is 11.8 Å². The Balaban J connectivity index is 2.10. The Hall–Kier alpha value is -3.50. The van der Waals surface area contributed by atoms with Gasteiger partial charge in [-0.05, 0) is 95.3 Å². The number of amides is 2. The molecule has 0 spiro atoms. The molecule has 0 aromatic heterocycles. The van der Waals surface area contributed by atoms with E-state index in [1.807, 2.05) is 58.2 Å². The number of hydrogen-bond donors (Lipinski definition) is 1. The van der Waals surface area contributed by atoms with Crippen molar-refractivity contribution in [3.05, 3.63) is 83.9 Å². The number of nitrogens with one attached hydrogen (secondary N) is 1. The summed E-state index contributed by atoms with van der Waals surface area (Å²) in [5.41, 5.74) is 1.54. The number of hydrogen-bond acceptors (Lipinski definition) is 6. The normalized spacial score (nSPS) is 12.4. The van der Waals surface area contributed by atoms with E-state index in [9.17, 15) is 18.0 Å². The average Bonchev–Trinajstić information content (AvgIpc) is 2.94. The molecule has 1 unspecified atom stereocenters. The van der Waals surface area contributed by atoms with Gasteiger partial charge in [-0.15, -0.1) is 11.8 Å². The first-order valence-electron chi connectivity index (χ1n) is 13.8. The van der Waals surface area contributed by atoms with Crippen molar-refractivity contribution >= 4 is 39.3 Å². The number of aryl methyl sites for hydroxylation is 1. The SMILES string of the molecule is CCOc1ccccc1N(CC(=O)N(Cc1ccccc1C)C(C)C(=O)NC(C)(C)C)S(=O)(=O)c1ccc(SC)cc1. The van der Waals surface area contributed by atoms with Gasteiger partial charge in [-0.3, -0.25) is 13.9 Å². The predicted molar refractivity (Wildman–Crippen MR) is 169 cm³/mol. The van der Waals surface area contributed by atoms with E-state index in [1.54, 1.807) is 50.2 Å². The molecule has 3 rings (SSSR count). The molecule has 0 radical (unpaired) electrons. The second-order valence-electron chi connectivity index (χ2n) is 11.0. The maximum absolute atomic E-state index is 14.2. The molecule has 0 aliphatic rings. The van der Waals surface area contributed by atoms with Gasteiger partial charge in [0.05, 0.1) is 17.2 Å². The maximum Gasteiger partial charge on any atom is 0.264 e. The average molecular weight is 612 g/mol. The third kappa shape index (κ3) is 8.29. The standard InChI is InChI=1S/C32H41N3O5S2/c1-8-40-29-16-12-11-15-28(29)35(42(38,39)27-19-17-26(41-7)18-20-27)22-30(36)34(21-25-14-10-9-13-23(25)2)24(3)31(37)33-32(4,5)6/h9-20,24H,8,21-22H2,1-7H3,(H,33,37). The van der Waals surface area contributed by atoms with Gasteiger partial charge >= 0.3 is 0 Å². The molecule has 0 fully saturated rings. The van der Waals surface area contributed by atoms with E-state index in [1.165, 1.54) is 28.8 Å². The number of thioether (sulfide) groups is 1. The van der Waals surface area contributed by atoms with Gasteiger partial charge < -0.3 is 15.0 Å². The van der Waals surface area contributed by atoms with Gasteiger partial charge in [0, 0.05) is 17.0 Å². The second kappa shape index (κ2) is 14.1. The van der Waals surface area contributed by atoms with Crippen LogP contribution < -0.4 is 14.4 Å². The molecule has 1 N–H and O–H groups in total. The molecule has 1 atom stereocenters. The number of carbonyl (C=O) groups excluding carboxylic acids is 2. The lowest BCUT2D eigenvalue weighted by molar-refractivity contribution is -0.140. The van der Waals surface area contributed by atoms with Crippen molar-refractivity contribution in [2.24, 2.45) is 0 Å². The van der Waals surface area contributed by atoms with Crippen LogP contribution >= 0.6 is 11.8 Å². The molecule has 0 aliphatic carbocycles. The number of nitrogens with zero attached hydrogens (tertiary/aromatic N) is 2. The van der Waals surface area contributed by atoms with Crippen LogP contribution in [-0.4, -0.2) is 56.1 Å². The van der Waals surface area contributed by atoms with Crippen molar-refractivity contribution in [2.45, 2.75) is 69.5 Å². The van der Waals surface area contributed by atoms with E-state index >= 15 is 0 Å². The highest BCUT2D eigenvalue weighted by Gasteiger charge is 2.34. The summed E-state index contributed by atoms with van der Waals surface area (Å²) in [4.78, 5) is 29.9. The highest BCUT2D eigenvalue weighted by atomic mass is 32.2. The Kier molecular flexibility index (Phi) is 11.1. The van der Waals surface area contributed by atoms with Crippen molar-refractivity contribution in [1.82, 2.24) is 10.2 Å². The Bertz CT molecular complexity index is 1480. The number of anilines is 1. The molecule has 0 saturated heterocycles. The lowest BCUT2D eigenvalue weighted by Gasteiger charge is -2.34. The van der Waals surface area contributed by atoms with Crippen LogP contribution in [0.2, 0.25) is 0 Å². The van der Waals surface area contributed by atoms with Gasteiger partial charge in [0.15, 0.2) is 0 Å². The van der Waals surface area contributed by atoms with Crippen LogP contribution in [0.3, 0.4) is 0 Å². The third-order valence-electron chi connectivity index (χ3n) is 6.63. The zero-order valence-corrected chi connectivity index (χ0v) is 27.0. The van der Waals surface area contributed by atoms with Crippen molar-refractivity contribution < 1.29 is 22.7 Å². The number of carbonyl (C=O) groups is 2. The number of benzene rings is 3. The summed E-state index contributed by atoms with van der Waals surface area (Å²) in [5, 5.41) is 2.95. The molecule has 42 heavy (non-hydrogen) atoms. The summed E-state index contributed by atoms with van der Waals surface area (Å²) in [7, 11) is -4.21. The van der Waals surface area contributed by atoms with Crippen LogP contribution in [0.25, 0.3) is 0 Å². The van der Waals surface area contributed by atoms with Gasteiger partial charge in [-0.1, -0.05) is 36.4 Å². The molecular weight excluding hydrogens is 571 g/mol. The minimum atomic E-state index is -4.21. The van der Waals surface area contributed by atoms with E-state index in [-0.39, 0.29) is 23.0 Å². The van der Waals surface area contributed by atoms with Crippen LogP contribution in [-0.2, 0) is 26.2 Å². The number of ether oxygens (including phenoxy) is 1. The molecule has 10 heteroatoms. The van der Waals surface area contributed by atoms with Crippen LogP contribution in [0, 0.1) is 6.92 Å². The minimum absolute atomic E-state index is 0.0448. The molecule has 3 aromatic carbocycles. The second-order valence-corrected chi connectivity index (χ2v) is 13.7. The molecule has 3 aromatic rings. The Morgan fingerprint density at radius 2 is 1.60 bits per heavy atom. The highest BCUT2D eigenvalue weighted by molar-refractivity contribution is 7.98. The van der Waals surface area contributed by atoms with E-state index in [0.717, 1.165) is 20.3 Å². The molecule has 0 saturated carbocycles. The van der Waals surface area contributed by atoms with Gasteiger partial charge in [-0.2, -0.15) is 0 Å². The summed E-state index contributed by atoms with van der Waals surface area (Å²) >= 11 is 1.50. The lowest BCUT2D eigenvalue weighted by Crippen LogP contribution is -2.54. The van der Waals surface area contributed by atoms with E-state index in [4.69, 9.17) is 4.74 Å². The quantitative estimate of drug-likeness (QED) is 0.266. The third-order valence-corrected chi connectivity index (χ3v) is 9.15. The van der Waals surface area contributed by atoms with Crippen LogP contribution in [0.1, 0.15) is 45.7 Å². The number of sulfonamides is 1. The van der Waals surface area contributed by atoms with Gasteiger partial charge in [-0.25, -0.2) is 8.42 Å². The first-order chi connectivity index (χ1) is 19.8. The summed E-state index contributed by atoms with van der Waals surface area (Å²) in [6, 6.07) is 20.0. The molecule has 2 amide bonds. The molecule has 0 bridgehead atoms. The summed E-state index contributed by atoms with van der Waals surface area (Å²) in [6.07, 6.45) is 1.91. The highest BCUT2D eigenvalue weighted by Crippen LogP contribution is 2.33.